The van der Waals surface area contributed by atoms with Crippen molar-refractivity contribution in [3.05, 3.63) is 29.8 Å². The maximum atomic E-state index is 12.0. The second-order valence-electron chi connectivity index (χ2n) is 4.26. The van der Waals surface area contributed by atoms with Gasteiger partial charge >= 0.3 is 0 Å². The van der Waals surface area contributed by atoms with Crippen LogP contribution in [0.25, 0.3) is 0 Å². The summed E-state index contributed by atoms with van der Waals surface area (Å²) in [6.07, 6.45) is 1.87. The van der Waals surface area contributed by atoms with Crippen LogP contribution in [0.5, 0.6) is 0 Å². The zero-order chi connectivity index (χ0) is 11.6. The van der Waals surface area contributed by atoms with Crippen molar-refractivity contribution in [1.82, 2.24) is 0 Å². The number of nitrogen functional groups attached to an aromatic ring is 1. The third kappa shape index (κ3) is 1.95. The normalized spacial score (nSPS) is 17.1. The molecule has 0 spiro atoms. The summed E-state index contributed by atoms with van der Waals surface area (Å²) in [5.74, 6) is 0.194. The number of nitrogens with two attached hydrogens (primary N) is 1. The number of rotatable bonds is 5. The van der Waals surface area contributed by atoms with Crippen molar-refractivity contribution in [2.75, 3.05) is 18.9 Å². The minimum absolute atomic E-state index is 0.194. The molecule has 3 heteroatoms. The molecule has 1 saturated carbocycles. The van der Waals surface area contributed by atoms with E-state index in [-0.39, 0.29) is 17.8 Å². The first-order chi connectivity index (χ1) is 7.69. The van der Waals surface area contributed by atoms with E-state index in [0.717, 1.165) is 24.1 Å². The Morgan fingerprint density at radius 1 is 1.38 bits per heavy atom. The highest BCUT2D eigenvalue weighted by Crippen LogP contribution is 2.49. The molecule has 16 heavy (non-hydrogen) atoms. The van der Waals surface area contributed by atoms with Crippen LogP contribution in [0.15, 0.2) is 24.3 Å². The molecule has 1 fully saturated rings. The molecule has 0 radical (unpaired) electrons. The molecule has 0 aromatic heterocycles. The lowest BCUT2D eigenvalue weighted by Crippen LogP contribution is -2.25. The van der Waals surface area contributed by atoms with Crippen LogP contribution in [0.1, 0.15) is 25.3 Å². The van der Waals surface area contributed by atoms with Crippen LogP contribution >= 0.6 is 0 Å². The van der Waals surface area contributed by atoms with Crippen LogP contribution in [-0.4, -0.2) is 19.0 Å². The highest BCUT2D eigenvalue weighted by molar-refractivity contribution is 5.94. The van der Waals surface area contributed by atoms with E-state index in [0.29, 0.717) is 6.61 Å². The van der Waals surface area contributed by atoms with Crippen molar-refractivity contribution in [3.63, 3.8) is 0 Å². The predicted octanol–water partition coefficient (Wildman–Crippen LogP) is 1.91. The topological polar surface area (TPSA) is 52.3 Å². The van der Waals surface area contributed by atoms with Crippen molar-refractivity contribution in [2.24, 2.45) is 0 Å². The second kappa shape index (κ2) is 4.26. The number of hydrogen-bond acceptors (Lipinski definition) is 3. The summed E-state index contributed by atoms with van der Waals surface area (Å²) in [6, 6.07) is 7.60. The molecule has 0 atom stereocenters. The number of Topliss-reactive ketones (excluding diaryl/α,β-unsaturated/α-hetero) is 1. The van der Waals surface area contributed by atoms with Gasteiger partial charge in [0.2, 0.25) is 0 Å². The third-order valence-corrected chi connectivity index (χ3v) is 3.18. The van der Waals surface area contributed by atoms with Crippen LogP contribution in [0.4, 0.5) is 5.69 Å². The minimum Gasteiger partial charge on any atom is -0.399 e. The van der Waals surface area contributed by atoms with Crippen LogP contribution in [0, 0.1) is 0 Å². The van der Waals surface area contributed by atoms with Gasteiger partial charge < -0.3 is 10.5 Å². The molecular weight excluding hydrogens is 202 g/mol. The summed E-state index contributed by atoms with van der Waals surface area (Å²) < 4.78 is 5.19. The summed E-state index contributed by atoms with van der Waals surface area (Å²) >= 11 is 0. The monoisotopic (exact) mass is 219 g/mol. The van der Waals surface area contributed by atoms with E-state index in [9.17, 15) is 4.79 Å². The average Bonchev–Trinajstić information content (AvgIpc) is 3.08. The van der Waals surface area contributed by atoms with Gasteiger partial charge in [-0.3, -0.25) is 4.79 Å². The molecule has 2 N–H and O–H groups in total. The molecule has 0 aliphatic heterocycles. The molecule has 0 amide bonds. The lowest BCUT2D eigenvalue weighted by molar-refractivity contribution is -0.125. The van der Waals surface area contributed by atoms with Gasteiger partial charge in [0.05, 0.1) is 5.41 Å². The van der Waals surface area contributed by atoms with Crippen molar-refractivity contribution in [1.29, 1.82) is 0 Å². The van der Waals surface area contributed by atoms with E-state index in [1.807, 2.05) is 31.2 Å². The van der Waals surface area contributed by atoms with E-state index < -0.39 is 0 Å². The van der Waals surface area contributed by atoms with Gasteiger partial charge in [-0.15, -0.1) is 0 Å². The fourth-order valence-corrected chi connectivity index (χ4v) is 1.99. The Bertz CT molecular complexity index is 379. The highest BCUT2D eigenvalue weighted by atomic mass is 16.5. The maximum Gasteiger partial charge on any atom is 0.168 e. The number of ketones is 1. The number of anilines is 1. The Balaban J connectivity index is 2.13. The van der Waals surface area contributed by atoms with Crippen molar-refractivity contribution >= 4 is 11.5 Å². The smallest absolute Gasteiger partial charge is 0.168 e. The zero-order valence-corrected chi connectivity index (χ0v) is 9.53. The summed E-state index contributed by atoms with van der Waals surface area (Å²) in [5, 5.41) is 0. The minimum atomic E-state index is -0.275. The molecule has 1 aliphatic rings. The van der Waals surface area contributed by atoms with Crippen LogP contribution in [-0.2, 0) is 14.9 Å². The van der Waals surface area contributed by atoms with Crippen molar-refractivity contribution < 1.29 is 9.53 Å². The van der Waals surface area contributed by atoms with Gasteiger partial charge in [0.1, 0.15) is 6.61 Å². The molecule has 0 bridgehead atoms. The molecule has 3 nitrogen and oxygen atoms in total. The van der Waals surface area contributed by atoms with Crippen LogP contribution in [0.2, 0.25) is 0 Å². The van der Waals surface area contributed by atoms with Gasteiger partial charge in [0.25, 0.3) is 0 Å². The molecule has 0 saturated heterocycles. The standard InChI is InChI=1S/C13H17NO2/c1-2-16-9-12(15)13(7-8-13)10-3-5-11(14)6-4-10/h3-6H,2,7-9,14H2,1H3. The Hall–Kier alpha value is -1.35. The molecule has 1 aromatic carbocycles. The number of carbonyl (C=O) groups excluding carboxylic acids is 1. The molecule has 0 unspecified atom stereocenters. The first kappa shape index (κ1) is 11.1. The lowest BCUT2D eigenvalue weighted by atomic mass is 9.91. The molecule has 2 rings (SSSR count). The predicted molar refractivity (Wildman–Crippen MR) is 63.3 cm³/mol. The lowest BCUT2D eigenvalue weighted by Gasteiger charge is -2.14. The number of carbonyl (C=O) groups is 1. The quantitative estimate of drug-likeness (QED) is 0.769. The largest absolute Gasteiger partial charge is 0.399 e. The van der Waals surface area contributed by atoms with Gasteiger partial charge in [0.15, 0.2) is 5.78 Å². The number of ether oxygens (including phenoxy) is 1. The van der Waals surface area contributed by atoms with E-state index in [4.69, 9.17) is 10.5 Å². The van der Waals surface area contributed by atoms with Gasteiger partial charge in [-0.05, 0) is 37.5 Å². The van der Waals surface area contributed by atoms with Crippen molar-refractivity contribution in [3.8, 4) is 0 Å². The molecule has 1 aromatic rings. The van der Waals surface area contributed by atoms with E-state index in [1.54, 1.807) is 0 Å². The highest BCUT2D eigenvalue weighted by Gasteiger charge is 2.50. The average molecular weight is 219 g/mol. The van der Waals surface area contributed by atoms with Crippen molar-refractivity contribution in [2.45, 2.75) is 25.2 Å². The summed E-state index contributed by atoms with van der Waals surface area (Å²) in [4.78, 5) is 12.0. The molecular formula is C13H17NO2. The first-order valence-electron chi connectivity index (χ1n) is 5.66. The second-order valence-corrected chi connectivity index (χ2v) is 4.26. The van der Waals surface area contributed by atoms with E-state index >= 15 is 0 Å². The fourth-order valence-electron chi connectivity index (χ4n) is 1.99. The van der Waals surface area contributed by atoms with Gasteiger partial charge in [-0.25, -0.2) is 0 Å². The van der Waals surface area contributed by atoms with Crippen LogP contribution in [0.3, 0.4) is 0 Å². The summed E-state index contributed by atoms with van der Waals surface area (Å²) in [5.41, 5.74) is 7.17. The third-order valence-electron chi connectivity index (χ3n) is 3.18. The van der Waals surface area contributed by atoms with Gasteiger partial charge in [0, 0.05) is 12.3 Å². The summed E-state index contributed by atoms with van der Waals surface area (Å²) in [6.45, 7) is 2.71. The fraction of sp³-hybridized carbons (Fsp3) is 0.462. The Morgan fingerprint density at radius 3 is 2.50 bits per heavy atom. The maximum absolute atomic E-state index is 12.0. The SMILES string of the molecule is CCOCC(=O)C1(c2ccc(N)cc2)CC1. The van der Waals surface area contributed by atoms with E-state index in [1.165, 1.54) is 0 Å². The van der Waals surface area contributed by atoms with Gasteiger partial charge in [-0.2, -0.15) is 0 Å². The zero-order valence-electron chi connectivity index (χ0n) is 9.53. The molecule has 86 valence electrons. The Kier molecular flexibility index (Phi) is 2.97. The summed E-state index contributed by atoms with van der Waals surface area (Å²) in [7, 11) is 0. The molecule has 0 heterocycles. The number of hydrogen-bond donors (Lipinski definition) is 1. The first-order valence-corrected chi connectivity index (χ1v) is 5.66. The molecule has 1 aliphatic carbocycles. The Morgan fingerprint density at radius 2 is 2.00 bits per heavy atom. The number of benzene rings is 1. The van der Waals surface area contributed by atoms with Gasteiger partial charge in [-0.1, -0.05) is 12.1 Å². The Labute approximate surface area is 95.6 Å². The van der Waals surface area contributed by atoms with E-state index in [2.05, 4.69) is 0 Å². The van der Waals surface area contributed by atoms with Crippen LogP contribution < -0.4 is 5.73 Å².